The molecule has 0 aromatic carbocycles. The molecule has 1 aliphatic rings. The molecule has 2 heterocycles. The second-order valence-electron chi connectivity index (χ2n) is 6.32. The van der Waals surface area contributed by atoms with Gasteiger partial charge in [-0.25, -0.2) is 4.98 Å². The SMILES string of the molecule is CN=C(NCCCOCC1CCOC1)NCCOc1ccc(C(F)(F)F)cn1. The van der Waals surface area contributed by atoms with Gasteiger partial charge in [0, 0.05) is 45.0 Å². The van der Waals surface area contributed by atoms with Gasteiger partial charge >= 0.3 is 6.18 Å². The van der Waals surface area contributed by atoms with Crippen LogP contribution < -0.4 is 15.4 Å². The normalized spacial score (nSPS) is 17.6. The highest BCUT2D eigenvalue weighted by molar-refractivity contribution is 5.79. The number of guanidine groups is 1. The lowest BCUT2D eigenvalue weighted by molar-refractivity contribution is -0.137. The average Bonchev–Trinajstić information content (AvgIpc) is 3.19. The third kappa shape index (κ3) is 8.30. The second-order valence-corrected chi connectivity index (χ2v) is 6.32. The van der Waals surface area contributed by atoms with Gasteiger partial charge in [0.1, 0.15) is 6.61 Å². The van der Waals surface area contributed by atoms with Crippen molar-refractivity contribution < 1.29 is 27.4 Å². The highest BCUT2D eigenvalue weighted by Crippen LogP contribution is 2.29. The van der Waals surface area contributed by atoms with Crippen LogP contribution in [0.15, 0.2) is 23.3 Å². The van der Waals surface area contributed by atoms with Crippen LogP contribution in [-0.2, 0) is 15.7 Å². The number of hydrogen-bond acceptors (Lipinski definition) is 5. The summed E-state index contributed by atoms with van der Waals surface area (Å²) in [5.41, 5.74) is -0.803. The molecule has 0 aliphatic carbocycles. The number of halogens is 3. The Labute approximate surface area is 162 Å². The van der Waals surface area contributed by atoms with Crippen LogP contribution in [0.2, 0.25) is 0 Å². The smallest absolute Gasteiger partial charge is 0.417 e. The van der Waals surface area contributed by atoms with Gasteiger partial charge in [0.25, 0.3) is 0 Å². The zero-order valence-corrected chi connectivity index (χ0v) is 15.9. The molecular formula is C18H27F3N4O3. The van der Waals surface area contributed by atoms with Crippen molar-refractivity contribution >= 4 is 5.96 Å². The molecule has 0 amide bonds. The van der Waals surface area contributed by atoms with Crippen LogP contribution in [0.5, 0.6) is 5.88 Å². The van der Waals surface area contributed by atoms with E-state index in [1.54, 1.807) is 7.05 Å². The van der Waals surface area contributed by atoms with Gasteiger partial charge in [0.05, 0.1) is 25.3 Å². The van der Waals surface area contributed by atoms with Gasteiger partial charge in [-0.3, -0.25) is 4.99 Å². The topological polar surface area (TPSA) is 77.0 Å². The fourth-order valence-corrected chi connectivity index (χ4v) is 2.52. The molecule has 2 rings (SSSR count). The number of pyridine rings is 1. The maximum Gasteiger partial charge on any atom is 0.417 e. The van der Waals surface area contributed by atoms with Crippen molar-refractivity contribution in [2.45, 2.75) is 19.0 Å². The highest BCUT2D eigenvalue weighted by atomic mass is 19.4. The van der Waals surface area contributed by atoms with Crippen LogP contribution in [0.4, 0.5) is 13.2 Å². The maximum absolute atomic E-state index is 12.5. The largest absolute Gasteiger partial charge is 0.476 e. The first-order valence-corrected chi connectivity index (χ1v) is 9.25. The lowest BCUT2D eigenvalue weighted by Gasteiger charge is -2.13. The Balaban J connectivity index is 1.52. The van der Waals surface area contributed by atoms with E-state index in [2.05, 4.69) is 20.6 Å². The van der Waals surface area contributed by atoms with Crippen molar-refractivity contribution in [2.75, 3.05) is 53.2 Å². The van der Waals surface area contributed by atoms with Crippen molar-refractivity contribution in [1.82, 2.24) is 15.6 Å². The molecule has 0 saturated carbocycles. The Morgan fingerprint density at radius 2 is 2.11 bits per heavy atom. The Hall–Kier alpha value is -2.07. The Kier molecular flexibility index (Phi) is 9.29. The Bertz CT molecular complexity index is 591. The van der Waals surface area contributed by atoms with Crippen molar-refractivity contribution in [3.8, 4) is 5.88 Å². The van der Waals surface area contributed by atoms with E-state index < -0.39 is 11.7 Å². The number of rotatable bonds is 10. The van der Waals surface area contributed by atoms with Gasteiger partial charge in [0.15, 0.2) is 5.96 Å². The first-order chi connectivity index (χ1) is 13.5. The van der Waals surface area contributed by atoms with E-state index in [0.717, 1.165) is 44.9 Å². The van der Waals surface area contributed by atoms with Crippen molar-refractivity contribution in [3.63, 3.8) is 0 Å². The van der Waals surface area contributed by atoms with E-state index >= 15 is 0 Å². The molecule has 28 heavy (non-hydrogen) atoms. The fourth-order valence-electron chi connectivity index (χ4n) is 2.52. The zero-order chi connectivity index (χ0) is 20.2. The molecule has 7 nitrogen and oxygen atoms in total. The molecular weight excluding hydrogens is 377 g/mol. The van der Waals surface area contributed by atoms with E-state index in [0.29, 0.717) is 31.6 Å². The summed E-state index contributed by atoms with van der Waals surface area (Å²) in [7, 11) is 1.66. The molecule has 1 saturated heterocycles. The first kappa shape index (κ1) is 22.2. The number of ether oxygens (including phenoxy) is 3. The van der Waals surface area contributed by atoms with Gasteiger partial charge in [-0.1, -0.05) is 0 Å². The lowest BCUT2D eigenvalue weighted by atomic mass is 10.1. The van der Waals surface area contributed by atoms with Crippen molar-refractivity contribution in [1.29, 1.82) is 0 Å². The minimum atomic E-state index is -4.40. The molecule has 10 heteroatoms. The van der Waals surface area contributed by atoms with Gasteiger partial charge < -0.3 is 24.8 Å². The predicted octanol–water partition coefficient (Wildman–Crippen LogP) is 2.09. The molecule has 0 bridgehead atoms. The average molecular weight is 404 g/mol. The second kappa shape index (κ2) is 11.7. The summed E-state index contributed by atoms with van der Waals surface area (Å²) in [6.45, 7) is 4.41. The maximum atomic E-state index is 12.5. The molecule has 1 fully saturated rings. The molecule has 1 atom stereocenters. The summed E-state index contributed by atoms with van der Waals surface area (Å²) in [6, 6.07) is 2.14. The van der Waals surface area contributed by atoms with E-state index in [1.165, 1.54) is 6.07 Å². The van der Waals surface area contributed by atoms with E-state index in [4.69, 9.17) is 14.2 Å². The van der Waals surface area contributed by atoms with Gasteiger partial charge in [-0.2, -0.15) is 13.2 Å². The van der Waals surface area contributed by atoms with E-state index in [9.17, 15) is 13.2 Å². The summed E-state index contributed by atoms with van der Waals surface area (Å²) in [4.78, 5) is 7.74. The van der Waals surface area contributed by atoms with Crippen molar-refractivity contribution in [3.05, 3.63) is 23.9 Å². The molecule has 1 aliphatic heterocycles. The van der Waals surface area contributed by atoms with Gasteiger partial charge in [-0.05, 0) is 18.9 Å². The lowest BCUT2D eigenvalue weighted by Crippen LogP contribution is -2.40. The van der Waals surface area contributed by atoms with E-state index in [-0.39, 0.29) is 12.5 Å². The monoisotopic (exact) mass is 404 g/mol. The minimum Gasteiger partial charge on any atom is -0.476 e. The van der Waals surface area contributed by atoms with Gasteiger partial charge in [-0.15, -0.1) is 0 Å². The van der Waals surface area contributed by atoms with Gasteiger partial charge in [0.2, 0.25) is 5.88 Å². The Morgan fingerprint density at radius 3 is 2.75 bits per heavy atom. The van der Waals surface area contributed by atoms with Crippen molar-refractivity contribution in [2.24, 2.45) is 10.9 Å². The van der Waals surface area contributed by atoms with Crippen LogP contribution in [-0.4, -0.2) is 64.1 Å². The minimum absolute atomic E-state index is 0.141. The molecule has 1 aromatic rings. The number of nitrogens with one attached hydrogen (secondary N) is 2. The number of hydrogen-bond donors (Lipinski definition) is 2. The standard InChI is InChI=1S/C18H27F3N4O3/c1-22-17(23-6-2-8-26-12-14-5-9-27-13-14)24-7-10-28-16-4-3-15(11-25-16)18(19,20)21/h3-4,11,14H,2,5-10,12-13H2,1H3,(H2,22,23,24). The summed E-state index contributed by atoms with van der Waals surface area (Å²) < 4.78 is 53.7. The highest BCUT2D eigenvalue weighted by Gasteiger charge is 2.30. The zero-order valence-electron chi connectivity index (χ0n) is 15.9. The first-order valence-electron chi connectivity index (χ1n) is 9.25. The summed E-state index contributed by atoms with van der Waals surface area (Å²) >= 11 is 0. The number of aromatic nitrogens is 1. The summed E-state index contributed by atoms with van der Waals surface area (Å²) in [6.07, 6.45) is -1.73. The van der Waals surface area contributed by atoms with Crippen LogP contribution in [0.25, 0.3) is 0 Å². The Morgan fingerprint density at radius 1 is 1.29 bits per heavy atom. The fraction of sp³-hybridized carbons (Fsp3) is 0.667. The third-order valence-corrected chi connectivity index (χ3v) is 4.07. The predicted molar refractivity (Wildman–Crippen MR) is 98.5 cm³/mol. The van der Waals surface area contributed by atoms with E-state index in [1.807, 2.05) is 0 Å². The summed E-state index contributed by atoms with van der Waals surface area (Å²) in [5.74, 6) is 1.28. The molecule has 158 valence electrons. The third-order valence-electron chi connectivity index (χ3n) is 4.07. The molecule has 0 radical (unpaired) electrons. The quantitative estimate of drug-likeness (QED) is 0.353. The van der Waals surface area contributed by atoms with Crippen LogP contribution in [0.3, 0.4) is 0 Å². The summed E-state index contributed by atoms with van der Waals surface area (Å²) in [5, 5.41) is 6.22. The van der Waals surface area contributed by atoms with Crippen LogP contribution in [0.1, 0.15) is 18.4 Å². The number of aliphatic imine (C=N–C) groups is 1. The number of nitrogens with zero attached hydrogens (tertiary/aromatic N) is 2. The van der Waals surface area contributed by atoms with Crippen LogP contribution >= 0.6 is 0 Å². The van der Waals surface area contributed by atoms with Crippen LogP contribution in [0, 0.1) is 5.92 Å². The molecule has 0 spiro atoms. The molecule has 1 unspecified atom stereocenters. The number of alkyl halides is 3. The molecule has 2 N–H and O–H groups in total. The molecule has 1 aromatic heterocycles.